The molecule has 1 atom stereocenters. The average Bonchev–Trinajstić information content (AvgIpc) is 3.23. The van der Waals surface area contributed by atoms with E-state index in [-0.39, 0.29) is 36.4 Å². The van der Waals surface area contributed by atoms with Crippen molar-refractivity contribution in [2.75, 3.05) is 13.2 Å². The van der Waals surface area contributed by atoms with Crippen LogP contribution in [0.5, 0.6) is 5.75 Å². The molecule has 2 heterocycles. The first-order chi connectivity index (χ1) is 12.1. The highest BCUT2D eigenvalue weighted by molar-refractivity contribution is 5.77. The van der Waals surface area contributed by atoms with Gasteiger partial charge in [-0.2, -0.15) is 0 Å². The molecule has 0 aliphatic carbocycles. The summed E-state index contributed by atoms with van der Waals surface area (Å²) in [4.78, 5) is 25.0. The number of carbonyl (C=O) groups is 1. The number of ether oxygens (including phenoxy) is 1. The maximum atomic E-state index is 12.6. The van der Waals surface area contributed by atoms with E-state index in [0.717, 1.165) is 25.1 Å². The summed E-state index contributed by atoms with van der Waals surface area (Å²) in [6.07, 6.45) is 4.11. The number of nitrogens with zero attached hydrogens (tertiary/aromatic N) is 3. The van der Waals surface area contributed by atoms with Crippen molar-refractivity contribution in [3.8, 4) is 5.75 Å². The molecule has 2 aromatic rings. The van der Waals surface area contributed by atoms with Gasteiger partial charge in [-0.15, -0.1) is 0 Å². The summed E-state index contributed by atoms with van der Waals surface area (Å²) in [7, 11) is 1.98. The molecule has 1 fully saturated rings. The summed E-state index contributed by atoms with van der Waals surface area (Å²) in [5.41, 5.74) is 1.04. The van der Waals surface area contributed by atoms with Gasteiger partial charge in [0, 0.05) is 31.5 Å². The fourth-order valence-corrected chi connectivity index (χ4v) is 3.32. The molecule has 7 nitrogen and oxygen atoms in total. The molecule has 1 aromatic carbocycles. The zero-order valence-corrected chi connectivity index (χ0v) is 14.1. The number of rotatable bonds is 6. The van der Waals surface area contributed by atoms with Gasteiger partial charge < -0.3 is 14.2 Å². The summed E-state index contributed by atoms with van der Waals surface area (Å²) in [6, 6.07) is 10.3. The topological polar surface area (TPSA) is 77.6 Å². The molecule has 1 amide bonds. The van der Waals surface area contributed by atoms with Gasteiger partial charge in [-0.05, 0) is 31.0 Å². The smallest absolute Gasteiger partial charge is 0.310 e. The number of para-hydroxylation sites is 2. The molecule has 1 aliphatic heterocycles. The van der Waals surface area contributed by atoms with Gasteiger partial charge in [0.05, 0.1) is 24.0 Å². The monoisotopic (exact) mass is 343 g/mol. The molecule has 132 valence electrons. The standard InChI is InChI=1S/C18H21N3O4/c1-19-11-4-7-14(19)15-8-5-12-20(15)18(22)10-13-25-17-9-3-2-6-16(17)21(23)24/h2-4,6-7,9,11,15H,5,8,10,12-13H2,1H3/t15-/m1/s1. The molecule has 25 heavy (non-hydrogen) atoms. The van der Waals surface area contributed by atoms with Crippen LogP contribution in [0.25, 0.3) is 0 Å². The second kappa shape index (κ2) is 7.38. The quantitative estimate of drug-likeness (QED) is 0.596. The lowest BCUT2D eigenvalue weighted by molar-refractivity contribution is -0.385. The van der Waals surface area contributed by atoms with Crippen LogP contribution in [0.15, 0.2) is 42.6 Å². The first kappa shape index (κ1) is 17.0. The maximum absolute atomic E-state index is 12.6. The van der Waals surface area contributed by atoms with Crippen LogP contribution in [0.2, 0.25) is 0 Å². The lowest BCUT2D eigenvalue weighted by Gasteiger charge is -2.25. The van der Waals surface area contributed by atoms with E-state index < -0.39 is 4.92 Å². The Morgan fingerprint density at radius 1 is 1.32 bits per heavy atom. The Balaban J connectivity index is 1.60. The van der Waals surface area contributed by atoms with Gasteiger partial charge in [0.2, 0.25) is 5.91 Å². The summed E-state index contributed by atoms with van der Waals surface area (Å²) < 4.78 is 7.53. The number of nitro groups is 1. The number of likely N-dealkylation sites (tertiary alicyclic amines) is 1. The highest BCUT2D eigenvalue weighted by Crippen LogP contribution is 2.32. The Morgan fingerprint density at radius 2 is 2.12 bits per heavy atom. The van der Waals surface area contributed by atoms with Gasteiger partial charge in [-0.1, -0.05) is 12.1 Å². The molecule has 0 unspecified atom stereocenters. The number of nitro benzene ring substituents is 1. The van der Waals surface area contributed by atoms with Crippen molar-refractivity contribution < 1.29 is 14.5 Å². The third kappa shape index (κ3) is 3.65. The van der Waals surface area contributed by atoms with Crippen LogP contribution in [-0.2, 0) is 11.8 Å². The number of hydrogen-bond acceptors (Lipinski definition) is 4. The summed E-state index contributed by atoms with van der Waals surface area (Å²) in [6.45, 7) is 0.861. The predicted molar refractivity (Wildman–Crippen MR) is 92.3 cm³/mol. The van der Waals surface area contributed by atoms with Crippen LogP contribution in [0, 0.1) is 10.1 Å². The van der Waals surface area contributed by atoms with Crippen molar-refractivity contribution in [3.63, 3.8) is 0 Å². The Kier molecular flexibility index (Phi) is 5.02. The van der Waals surface area contributed by atoms with Gasteiger partial charge in [0.25, 0.3) is 0 Å². The summed E-state index contributed by atoms with van der Waals surface area (Å²) >= 11 is 0. The van der Waals surface area contributed by atoms with E-state index in [1.165, 1.54) is 6.07 Å². The van der Waals surface area contributed by atoms with Crippen LogP contribution in [0.1, 0.15) is 31.0 Å². The molecule has 7 heteroatoms. The first-order valence-corrected chi connectivity index (χ1v) is 8.35. The van der Waals surface area contributed by atoms with Gasteiger partial charge in [-0.25, -0.2) is 0 Å². The third-order valence-corrected chi connectivity index (χ3v) is 4.53. The minimum Gasteiger partial charge on any atom is -0.486 e. The summed E-state index contributed by atoms with van der Waals surface area (Å²) in [5.74, 6) is 0.211. The Labute approximate surface area is 146 Å². The van der Waals surface area contributed by atoms with Crippen molar-refractivity contribution in [2.45, 2.75) is 25.3 Å². The second-order valence-electron chi connectivity index (χ2n) is 6.11. The predicted octanol–water partition coefficient (Wildman–Crippen LogP) is 3.07. The summed E-state index contributed by atoms with van der Waals surface area (Å²) in [5, 5.41) is 11.0. The third-order valence-electron chi connectivity index (χ3n) is 4.53. The van der Waals surface area contributed by atoms with E-state index in [9.17, 15) is 14.9 Å². The molecule has 1 aliphatic rings. The fraction of sp³-hybridized carbons (Fsp3) is 0.389. The normalized spacial score (nSPS) is 16.8. The lowest BCUT2D eigenvalue weighted by Crippen LogP contribution is -2.32. The minimum atomic E-state index is -0.483. The Bertz CT molecular complexity index is 771. The van der Waals surface area contributed by atoms with E-state index in [4.69, 9.17) is 4.74 Å². The van der Waals surface area contributed by atoms with Crippen LogP contribution < -0.4 is 4.74 Å². The van der Waals surface area contributed by atoms with Gasteiger partial charge >= 0.3 is 5.69 Å². The Hall–Kier alpha value is -2.83. The van der Waals surface area contributed by atoms with Gasteiger partial charge in [0.1, 0.15) is 0 Å². The largest absolute Gasteiger partial charge is 0.486 e. The maximum Gasteiger partial charge on any atom is 0.310 e. The molecule has 0 N–H and O–H groups in total. The fourth-order valence-electron chi connectivity index (χ4n) is 3.32. The van der Waals surface area contributed by atoms with E-state index in [1.807, 2.05) is 34.8 Å². The minimum absolute atomic E-state index is 0.0160. The molecule has 1 aromatic heterocycles. The van der Waals surface area contributed by atoms with Crippen molar-refractivity contribution in [1.82, 2.24) is 9.47 Å². The number of benzene rings is 1. The van der Waals surface area contributed by atoms with Crippen LogP contribution in [0.3, 0.4) is 0 Å². The van der Waals surface area contributed by atoms with E-state index >= 15 is 0 Å². The molecular weight excluding hydrogens is 322 g/mol. The SMILES string of the molecule is Cn1cccc1[C@H]1CCCN1C(=O)CCOc1ccccc1[N+](=O)[O-]. The van der Waals surface area contributed by atoms with E-state index in [0.29, 0.717) is 0 Å². The number of aromatic nitrogens is 1. The second-order valence-corrected chi connectivity index (χ2v) is 6.11. The van der Waals surface area contributed by atoms with E-state index in [2.05, 4.69) is 0 Å². The molecular formula is C18H21N3O4. The Morgan fingerprint density at radius 3 is 2.84 bits per heavy atom. The van der Waals surface area contributed by atoms with Crippen molar-refractivity contribution in [3.05, 3.63) is 58.4 Å². The number of hydrogen-bond donors (Lipinski definition) is 0. The van der Waals surface area contributed by atoms with Crippen molar-refractivity contribution >= 4 is 11.6 Å². The molecule has 3 rings (SSSR count). The molecule has 0 spiro atoms. The van der Waals surface area contributed by atoms with Crippen molar-refractivity contribution in [2.24, 2.45) is 7.05 Å². The average molecular weight is 343 g/mol. The van der Waals surface area contributed by atoms with Crippen LogP contribution in [-0.4, -0.2) is 33.4 Å². The molecule has 0 bridgehead atoms. The van der Waals surface area contributed by atoms with E-state index in [1.54, 1.807) is 18.2 Å². The number of carbonyl (C=O) groups excluding carboxylic acids is 1. The first-order valence-electron chi connectivity index (χ1n) is 8.35. The lowest BCUT2D eigenvalue weighted by atomic mass is 10.1. The highest BCUT2D eigenvalue weighted by atomic mass is 16.6. The molecule has 0 radical (unpaired) electrons. The zero-order chi connectivity index (χ0) is 17.8. The molecule has 0 saturated carbocycles. The van der Waals surface area contributed by atoms with Crippen LogP contribution >= 0.6 is 0 Å². The zero-order valence-electron chi connectivity index (χ0n) is 14.1. The van der Waals surface area contributed by atoms with Gasteiger partial charge in [0.15, 0.2) is 5.75 Å². The van der Waals surface area contributed by atoms with Gasteiger partial charge in [-0.3, -0.25) is 14.9 Å². The number of aryl methyl sites for hydroxylation is 1. The van der Waals surface area contributed by atoms with Crippen molar-refractivity contribution in [1.29, 1.82) is 0 Å². The molecule has 1 saturated heterocycles. The highest BCUT2D eigenvalue weighted by Gasteiger charge is 2.31. The van der Waals surface area contributed by atoms with Crippen LogP contribution in [0.4, 0.5) is 5.69 Å². The number of amides is 1.